The van der Waals surface area contributed by atoms with Crippen LogP contribution in [-0.2, 0) is 0 Å². The largest absolute Gasteiger partial charge is 0.506 e. The lowest BCUT2D eigenvalue weighted by atomic mass is 10.2. The van der Waals surface area contributed by atoms with E-state index < -0.39 is 0 Å². The van der Waals surface area contributed by atoms with Crippen molar-refractivity contribution >= 4 is 51.1 Å². The average Bonchev–Trinajstić information content (AvgIpc) is 2.29. The first-order valence-electron chi connectivity index (χ1n) is 5.13. The maximum absolute atomic E-state index is 11.8. The molecule has 1 aromatic rings. The lowest BCUT2D eigenvalue weighted by Crippen LogP contribution is -2.25. The third-order valence-corrected chi connectivity index (χ3v) is 3.59. The molecule has 0 aliphatic carbocycles. The van der Waals surface area contributed by atoms with Crippen molar-refractivity contribution in [1.29, 1.82) is 0 Å². The Bertz CT molecular complexity index is 410. The van der Waals surface area contributed by atoms with Gasteiger partial charge in [-0.2, -0.15) is 0 Å². The first-order chi connectivity index (χ1) is 8.06. The highest BCUT2D eigenvalue weighted by atomic mass is 127. The Hall–Kier alpha value is -0.0900. The van der Waals surface area contributed by atoms with Crippen molar-refractivity contribution in [2.75, 3.05) is 13.2 Å². The van der Waals surface area contributed by atoms with Gasteiger partial charge in [-0.15, -0.1) is 0 Å². The Labute approximate surface area is 127 Å². The van der Waals surface area contributed by atoms with Crippen molar-refractivity contribution in [3.63, 3.8) is 0 Å². The van der Waals surface area contributed by atoms with E-state index in [0.29, 0.717) is 22.1 Å². The summed E-state index contributed by atoms with van der Waals surface area (Å²) >= 11 is 4.10. The summed E-state index contributed by atoms with van der Waals surface area (Å²) in [6.07, 6.45) is 1.39. The van der Waals surface area contributed by atoms with E-state index >= 15 is 0 Å². The van der Waals surface area contributed by atoms with Gasteiger partial charge in [-0.1, -0.05) is 0 Å². The number of aliphatic hydroxyl groups excluding tert-OH is 1. The number of aliphatic hydroxyl groups is 1. The molecule has 1 aromatic carbocycles. The number of aromatic hydroxyl groups is 1. The average molecular weight is 461 g/mol. The first-order valence-corrected chi connectivity index (χ1v) is 7.29. The van der Waals surface area contributed by atoms with Gasteiger partial charge in [-0.05, 0) is 70.2 Å². The number of phenolic OH excluding ortho intramolecular Hbond substituents is 1. The molecule has 0 saturated carbocycles. The smallest absolute Gasteiger partial charge is 0.255 e. The van der Waals surface area contributed by atoms with Crippen LogP contribution in [0.3, 0.4) is 0 Å². The minimum absolute atomic E-state index is 0.0191. The number of hydrogen-bond acceptors (Lipinski definition) is 3. The van der Waals surface area contributed by atoms with Crippen LogP contribution < -0.4 is 5.32 Å². The van der Waals surface area contributed by atoms with E-state index in [0.717, 1.165) is 9.99 Å². The molecule has 4 nitrogen and oxygen atoms in total. The van der Waals surface area contributed by atoms with Gasteiger partial charge >= 0.3 is 0 Å². The molecule has 0 aliphatic heterocycles. The highest BCUT2D eigenvalue weighted by Gasteiger charge is 2.14. The normalized spacial score (nSPS) is 10.3. The summed E-state index contributed by atoms with van der Waals surface area (Å²) < 4.78 is 1.57. The first kappa shape index (κ1) is 15.0. The van der Waals surface area contributed by atoms with E-state index in [9.17, 15) is 9.90 Å². The maximum Gasteiger partial charge on any atom is 0.255 e. The molecule has 0 spiro atoms. The number of benzene rings is 1. The predicted molar refractivity (Wildman–Crippen MR) is 82.2 cm³/mol. The van der Waals surface area contributed by atoms with Crippen LogP contribution in [0.4, 0.5) is 0 Å². The van der Waals surface area contributed by atoms with E-state index in [2.05, 4.69) is 27.9 Å². The van der Waals surface area contributed by atoms with Crippen LogP contribution in [0.1, 0.15) is 23.2 Å². The molecular formula is C11H13I2NO3. The van der Waals surface area contributed by atoms with E-state index in [1.807, 2.05) is 22.6 Å². The molecule has 6 heteroatoms. The molecule has 0 heterocycles. The topological polar surface area (TPSA) is 69.6 Å². The Kier molecular flexibility index (Phi) is 6.49. The number of unbranched alkanes of at least 4 members (excludes halogenated alkanes) is 1. The molecule has 17 heavy (non-hydrogen) atoms. The Morgan fingerprint density at radius 2 is 2.00 bits per heavy atom. The quantitative estimate of drug-likeness (QED) is 0.465. The van der Waals surface area contributed by atoms with Crippen molar-refractivity contribution in [1.82, 2.24) is 5.32 Å². The fourth-order valence-corrected chi connectivity index (χ4v) is 3.12. The Balaban J connectivity index is 2.69. The second-order valence-electron chi connectivity index (χ2n) is 3.47. The van der Waals surface area contributed by atoms with Crippen LogP contribution in [0.5, 0.6) is 5.75 Å². The summed E-state index contributed by atoms with van der Waals surface area (Å²) in [7, 11) is 0. The molecule has 3 N–H and O–H groups in total. The van der Waals surface area contributed by atoms with Gasteiger partial charge in [0.25, 0.3) is 5.91 Å². The molecule has 0 aromatic heterocycles. The lowest BCUT2D eigenvalue weighted by molar-refractivity contribution is 0.0949. The number of halogens is 2. The van der Waals surface area contributed by atoms with Crippen LogP contribution >= 0.6 is 45.2 Å². The second kappa shape index (κ2) is 7.37. The summed E-state index contributed by atoms with van der Waals surface area (Å²) in [6.45, 7) is 0.628. The number of carbonyl (C=O) groups excluding carboxylic acids is 1. The van der Waals surface area contributed by atoms with Crippen LogP contribution in [-0.4, -0.2) is 29.3 Å². The fraction of sp³-hybridized carbons (Fsp3) is 0.364. The van der Waals surface area contributed by atoms with Crippen LogP contribution in [0.15, 0.2) is 12.1 Å². The number of carbonyl (C=O) groups is 1. The fourth-order valence-electron chi connectivity index (χ4n) is 1.27. The molecule has 0 radical (unpaired) electrons. The molecule has 1 amide bonds. The number of nitrogens with one attached hydrogen (secondary N) is 1. The van der Waals surface area contributed by atoms with Gasteiger partial charge in [0, 0.05) is 16.7 Å². The summed E-state index contributed by atoms with van der Waals surface area (Å²) in [4.78, 5) is 11.8. The van der Waals surface area contributed by atoms with Crippen molar-refractivity contribution in [3.05, 3.63) is 24.8 Å². The van der Waals surface area contributed by atoms with Crippen molar-refractivity contribution in [3.8, 4) is 5.75 Å². The molecule has 0 fully saturated rings. The predicted octanol–water partition coefficient (Wildman–Crippen LogP) is 2.10. The third-order valence-electron chi connectivity index (χ3n) is 2.14. The number of rotatable bonds is 5. The minimum atomic E-state index is -0.281. The van der Waals surface area contributed by atoms with Gasteiger partial charge < -0.3 is 15.5 Å². The number of phenols is 1. The number of amides is 1. The Morgan fingerprint density at radius 1 is 1.29 bits per heavy atom. The third kappa shape index (κ3) is 4.59. The van der Waals surface area contributed by atoms with Gasteiger partial charge in [-0.25, -0.2) is 0 Å². The Morgan fingerprint density at radius 3 is 2.65 bits per heavy atom. The van der Waals surface area contributed by atoms with Crippen LogP contribution in [0.2, 0.25) is 0 Å². The summed E-state index contributed by atoms with van der Waals surface area (Å²) in [5, 5.41) is 21.1. The van der Waals surface area contributed by atoms with E-state index in [1.54, 1.807) is 12.1 Å². The van der Waals surface area contributed by atoms with E-state index in [4.69, 9.17) is 5.11 Å². The highest BCUT2D eigenvalue weighted by Crippen LogP contribution is 2.26. The van der Waals surface area contributed by atoms with E-state index in [-0.39, 0.29) is 18.3 Å². The van der Waals surface area contributed by atoms with Crippen LogP contribution in [0.25, 0.3) is 0 Å². The minimum Gasteiger partial charge on any atom is -0.506 e. The molecule has 0 unspecified atom stereocenters. The molecule has 0 atom stereocenters. The second-order valence-corrected chi connectivity index (χ2v) is 5.88. The van der Waals surface area contributed by atoms with Crippen LogP contribution in [0, 0.1) is 7.14 Å². The molecular weight excluding hydrogens is 448 g/mol. The molecule has 0 saturated heterocycles. The summed E-state index contributed by atoms with van der Waals surface area (Å²) in [5.41, 5.74) is 0.297. The van der Waals surface area contributed by atoms with Gasteiger partial charge in [0.2, 0.25) is 0 Å². The molecule has 0 aliphatic rings. The number of hydrogen-bond donors (Lipinski definition) is 3. The molecule has 1 rings (SSSR count). The maximum atomic E-state index is 11.8. The van der Waals surface area contributed by atoms with Gasteiger partial charge in [-0.3, -0.25) is 4.79 Å². The lowest BCUT2D eigenvalue weighted by Gasteiger charge is -2.08. The monoisotopic (exact) mass is 461 g/mol. The van der Waals surface area contributed by atoms with Gasteiger partial charge in [0.15, 0.2) is 0 Å². The zero-order valence-corrected chi connectivity index (χ0v) is 13.4. The molecule has 94 valence electrons. The standard InChI is InChI=1S/C11H13I2NO3/c12-7-5-8(10(16)9(13)6-7)11(17)14-3-1-2-4-15/h5-6,15-16H,1-4H2,(H,14,17). The van der Waals surface area contributed by atoms with Crippen molar-refractivity contribution in [2.24, 2.45) is 0 Å². The zero-order chi connectivity index (χ0) is 12.8. The van der Waals surface area contributed by atoms with Crippen molar-refractivity contribution < 1.29 is 15.0 Å². The van der Waals surface area contributed by atoms with Gasteiger partial charge in [0.05, 0.1) is 9.13 Å². The molecule has 0 bridgehead atoms. The SMILES string of the molecule is O=C(NCCCCO)c1cc(I)cc(I)c1O. The van der Waals surface area contributed by atoms with E-state index in [1.165, 1.54) is 0 Å². The van der Waals surface area contributed by atoms with Crippen molar-refractivity contribution in [2.45, 2.75) is 12.8 Å². The highest BCUT2D eigenvalue weighted by molar-refractivity contribution is 14.1. The zero-order valence-electron chi connectivity index (χ0n) is 9.04. The summed E-state index contributed by atoms with van der Waals surface area (Å²) in [5.74, 6) is -0.262. The van der Waals surface area contributed by atoms with Gasteiger partial charge in [0.1, 0.15) is 5.75 Å². The summed E-state index contributed by atoms with van der Waals surface area (Å²) in [6, 6.07) is 3.46.